The minimum Gasteiger partial charge on any atom is -0.310 e. The Morgan fingerprint density at radius 2 is 1.77 bits per heavy atom. The van der Waals surface area contributed by atoms with Crippen LogP contribution in [0.25, 0.3) is 11.0 Å². The van der Waals surface area contributed by atoms with E-state index in [0.717, 1.165) is 15.3 Å². The topological polar surface area (TPSA) is 84.3 Å². The van der Waals surface area contributed by atoms with Gasteiger partial charge in [0, 0.05) is 26.2 Å². The minimum absolute atomic E-state index is 0.139. The second-order valence-electron chi connectivity index (χ2n) is 5.93. The molecular weight excluding hydrogens is 352 g/mol. The number of benzene rings is 2. The van der Waals surface area contributed by atoms with Gasteiger partial charge >= 0.3 is 0 Å². The molecule has 0 aliphatic carbocycles. The number of nitrogens with one attached hydrogen (secondary N) is 1. The Bertz CT molecular complexity index is 1050. The van der Waals surface area contributed by atoms with Crippen LogP contribution in [0.4, 0.5) is 5.95 Å². The molecule has 0 radical (unpaired) electrons. The maximum Gasteiger partial charge on any atom is 0.257 e. The molecule has 8 heteroatoms. The second kappa shape index (κ2) is 6.89. The van der Waals surface area contributed by atoms with E-state index in [2.05, 4.69) is 10.3 Å². The maximum atomic E-state index is 12.5. The highest BCUT2D eigenvalue weighted by molar-refractivity contribution is 7.89. The predicted molar refractivity (Wildman–Crippen MR) is 101 cm³/mol. The van der Waals surface area contributed by atoms with Crippen molar-refractivity contribution in [2.45, 2.75) is 18.4 Å². The monoisotopic (exact) mass is 372 g/mol. The summed E-state index contributed by atoms with van der Waals surface area (Å²) in [7, 11) is -0.594. The summed E-state index contributed by atoms with van der Waals surface area (Å²) in [5.74, 6) is 0.118. The molecule has 0 saturated heterocycles. The molecule has 2 aromatic carbocycles. The van der Waals surface area contributed by atoms with Gasteiger partial charge in [-0.05, 0) is 43.3 Å². The summed E-state index contributed by atoms with van der Waals surface area (Å²) >= 11 is 0. The van der Waals surface area contributed by atoms with Crippen LogP contribution in [0.3, 0.4) is 0 Å². The van der Waals surface area contributed by atoms with Gasteiger partial charge in [-0.15, -0.1) is 0 Å². The molecule has 1 heterocycles. The average molecular weight is 372 g/mol. The number of carbonyl (C=O) groups excluding carboxylic acids is 1. The van der Waals surface area contributed by atoms with Crippen LogP contribution in [0.2, 0.25) is 0 Å². The van der Waals surface area contributed by atoms with Gasteiger partial charge in [-0.25, -0.2) is 17.7 Å². The highest BCUT2D eigenvalue weighted by Gasteiger charge is 2.18. The Labute approximate surface area is 152 Å². The Morgan fingerprint density at radius 1 is 1.12 bits per heavy atom. The van der Waals surface area contributed by atoms with Crippen LogP contribution in [0.5, 0.6) is 0 Å². The Morgan fingerprint density at radius 3 is 2.38 bits per heavy atom. The smallest absolute Gasteiger partial charge is 0.257 e. The van der Waals surface area contributed by atoms with Crippen LogP contribution in [-0.4, -0.2) is 42.3 Å². The van der Waals surface area contributed by atoms with Crippen molar-refractivity contribution in [2.75, 3.05) is 19.4 Å². The number of aryl methyl sites for hydroxylation is 1. The fourth-order valence-electron chi connectivity index (χ4n) is 2.65. The third kappa shape index (κ3) is 3.21. The standard InChI is InChI=1S/C18H20N4O3S/c1-4-22-16-8-6-5-7-15(16)19-18(22)20-17(23)13-9-11-14(12-10-13)26(24,25)21(2)3/h5-12H,4H2,1-3H3,(H,19,20,23). The van der Waals surface area contributed by atoms with Crippen molar-refractivity contribution in [1.29, 1.82) is 0 Å². The number of imidazole rings is 1. The van der Waals surface area contributed by atoms with Crippen molar-refractivity contribution in [2.24, 2.45) is 0 Å². The van der Waals surface area contributed by atoms with Crippen molar-refractivity contribution in [3.8, 4) is 0 Å². The average Bonchev–Trinajstić information content (AvgIpc) is 2.98. The third-order valence-electron chi connectivity index (χ3n) is 4.09. The van der Waals surface area contributed by atoms with E-state index >= 15 is 0 Å². The Hall–Kier alpha value is -2.71. The first kappa shape index (κ1) is 18.1. The van der Waals surface area contributed by atoms with Crippen LogP contribution in [0.1, 0.15) is 17.3 Å². The molecule has 7 nitrogen and oxygen atoms in total. The number of fused-ring (bicyclic) bond motifs is 1. The number of aromatic nitrogens is 2. The van der Waals surface area contributed by atoms with E-state index in [1.54, 1.807) is 0 Å². The largest absolute Gasteiger partial charge is 0.310 e. The van der Waals surface area contributed by atoms with Crippen molar-refractivity contribution in [3.05, 3.63) is 54.1 Å². The number of para-hydroxylation sites is 2. The molecule has 136 valence electrons. The summed E-state index contributed by atoms with van der Waals surface area (Å²) in [6, 6.07) is 13.5. The quantitative estimate of drug-likeness (QED) is 0.746. The molecule has 1 aromatic heterocycles. The molecule has 0 fully saturated rings. The van der Waals surface area contributed by atoms with Gasteiger partial charge in [0.2, 0.25) is 16.0 Å². The minimum atomic E-state index is -3.52. The first-order valence-corrected chi connectivity index (χ1v) is 9.58. The van der Waals surface area contributed by atoms with Crippen LogP contribution in [0.15, 0.2) is 53.4 Å². The van der Waals surface area contributed by atoms with Gasteiger partial charge in [0.15, 0.2) is 0 Å². The second-order valence-corrected chi connectivity index (χ2v) is 8.09. The summed E-state index contributed by atoms with van der Waals surface area (Å²) in [4.78, 5) is 17.1. The molecule has 1 amide bonds. The number of anilines is 1. The fraction of sp³-hybridized carbons (Fsp3) is 0.222. The molecular formula is C18H20N4O3S. The van der Waals surface area contributed by atoms with Crippen LogP contribution < -0.4 is 5.32 Å². The molecule has 0 aliphatic heterocycles. The maximum absolute atomic E-state index is 12.5. The molecule has 0 unspecified atom stereocenters. The van der Waals surface area contributed by atoms with Gasteiger partial charge in [-0.2, -0.15) is 0 Å². The number of hydrogen-bond acceptors (Lipinski definition) is 4. The molecule has 0 bridgehead atoms. The normalized spacial score (nSPS) is 11.8. The zero-order chi connectivity index (χ0) is 18.9. The number of rotatable bonds is 5. The highest BCUT2D eigenvalue weighted by atomic mass is 32.2. The summed E-state index contributed by atoms with van der Waals surface area (Å²) in [6.07, 6.45) is 0. The molecule has 1 N–H and O–H groups in total. The lowest BCUT2D eigenvalue weighted by Crippen LogP contribution is -2.22. The lowest BCUT2D eigenvalue weighted by Gasteiger charge is -2.12. The summed E-state index contributed by atoms with van der Waals surface area (Å²) < 4.78 is 27.2. The molecule has 0 aliphatic rings. The number of carbonyl (C=O) groups is 1. The summed E-state index contributed by atoms with van der Waals surface area (Å²) in [6.45, 7) is 2.64. The van der Waals surface area contributed by atoms with E-state index < -0.39 is 10.0 Å². The van der Waals surface area contributed by atoms with Gasteiger partial charge in [-0.3, -0.25) is 10.1 Å². The van der Waals surface area contributed by atoms with Gasteiger partial charge in [0.1, 0.15) is 0 Å². The Balaban J connectivity index is 1.87. The highest BCUT2D eigenvalue weighted by Crippen LogP contribution is 2.20. The first-order chi connectivity index (χ1) is 12.3. The van der Waals surface area contributed by atoms with Crippen molar-refractivity contribution >= 4 is 32.9 Å². The van der Waals surface area contributed by atoms with E-state index in [1.165, 1.54) is 38.4 Å². The van der Waals surface area contributed by atoms with Crippen molar-refractivity contribution < 1.29 is 13.2 Å². The van der Waals surface area contributed by atoms with Gasteiger partial charge in [0.05, 0.1) is 15.9 Å². The SMILES string of the molecule is CCn1c(NC(=O)c2ccc(S(=O)(=O)N(C)C)cc2)nc2ccccc21. The predicted octanol–water partition coefficient (Wildman–Crippen LogP) is 2.56. The van der Waals surface area contributed by atoms with Crippen molar-refractivity contribution in [1.82, 2.24) is 13.9 Å². The number of amides is 1. The lowest BCUT2D eigenvalue weighted by atomic mass is 10.2. The molecule has 0 saturated carbocycles. The number of sulfonamides is 1. The zero-order valence-electron chi connectivity index (χ0n) is 14.8. The lowest BCUT2D eigenvalue weighted by molar-refractivity contribution is 0.102. The van der Waals surface area contributed by atoms with Gasteiger partial charge in [0.25, 0.3) is 5.91 Å². The van der Waals surface area contributed by atoms with Crippen LogP contribution in [0, 0.1) is 0 Å². The molecule has 26 heavy (non-hydrogen) atoms. The molecule has 0 spiro atoms. The van der Waals surface area contributed by atoms with Crippen molar-refractivity contribution in [3.63, 3.8) is 0 Å². The van der Waals surface area contributed by atoms with E-state index in [4.69, 9.17) is 0 Å². The third-order valence-corrected chi connectivity index (χ3v) is 5.92. The first-order valence-electron chi connectivity index (χ1n) is 8.14. The van der Waals surface area contributed by atoms with E-state index in [9.17, 15) is 13.2 Å². The summed E-state index contributed by atoms with van der Waals surface area (Å²) in [5.41, 5.74) is 2.10. The van der Waals surface area contributed by atoms with Gasteiger partial charge < -0.3 is 4.57 Å². The van der Waals surface area contributed by atoms with Gasteiger partial charge in [-0.1, -0.05) is 12.1 Å². The Kier molecular flexibility index (Phi) is 4.80. The molecule has 3 rings (SSSR count). The van der Waals surface area contributed by atoms with E-state index in [-0.39, 0.29) is 10.8 Å². The molecule has 0 atom stereocenters. The molecule has 3 aromatic rings. The van der Waals surface area contributed by atoms with E-state index in [0.29, 0.717) is 18.1 Å². The summed E-state index contributed by atoms with van der Waals surface area (Å²) in [5, 5.41) is 2.80. The van der Waals surface area contributed by atoms with E-state index in [1.807, 2.05) is 35.8 Å². The number of nitrogens with zero attached hydrogens (tertiary/aromatic N) is 3. The van der Waals surface area contributed by atoms with Crippen LogP contribution in [-0.2, 0) is 16.6 Å². The number of hydrogen-bond donors (Lipinski definition) is 1. The fourth-order valence-corrected chi connectivity index (χ4v) is 3.56. The van der Waals surface area contributed by atoms with Crippen LogP contribution >= 0.6 is 0 Å². The zero-order valence-corrected chi connectivity index (χ0v) is 15.6.